The van der Waals surface area contributed by atoms with Crippen LogP contribution in [-0.4, -0.2) is 54.3 Å². The summed E-state index contributed by atoms with van der Waals surface area (Å²) in [5, 5.41) is 0. The van der Waals surface area contributed by atoms with Crippen LogP contribution >= 0.6 is 0 Å². The zero-order valence-electron chi connectivity index (χ0n) is 8.22. The van der Waals surface area contributed by atoms with Crippen LogP contribution in [0.4, 0.5) is 0 Å². The minimum Gasteiger partial charge on any atom is -0.545 e. The van der Waals surface area contributed by atoms with Crippen LogP contribution < -0.4 is 0 Å². The zero-order chi connectivity index (χ0) is 16.0. The van der Waals surface area contributed by atoms with Crippen molar-refractivity contribution in [3.05, 3.63) is 0 Å². The molecule has 0 aliphatic carbocycles. The molecule has 0 heterocycles. The van der Waals surface area contributed by atoms with Gasteiger partial charge in [0.1, 0.15) is 0 Å². The monoisotopic (exact) mass is 335 g/mol. The minimum atomic E-state index is 0. The van der Waals surface area contributed by atoms with E-state index >= 15 is 0 Å². The summed E-state index contributed by atoms with van der Waals surface area (Å²) < 4.78 is 0. The summed E-state index contributed by atoms with van der Waals surface area (Å²) >= 11 is 0. The summed E-state index contributed by atoms with van der Waals surface area (Å²) in [7, 11) is 0. The molecule has 0 aromatic rings. The fourth-order valence-electron chi connectivity index (χ4n) is 0. The molecule has 0 bridgehead atoms. The number of hydrogen-bond donors (Lipinski definition) is 0. The molecule has 8 nitrogen and oxygen atoms in total. The van der Waals surface area contributed by atoms with Gasteiger partial charge in [0.15, 0.2) is 0 Å². The van der Waals surface area contributed by atoms with E-state index in [9.17, 15) is 0 Å². The van der Waals surface area contributed by atoms with E-state index in [2.05, 4.69) is 54.3 Å². The van der Waals surface area contributed by atoms with E-state index in [1.807, 2.05) is 0 Å². The largest absolute Gasteiger partial charge is 0.545 e. The molecule has 0 atom stereocenters. The molecule has 0 unspecified atom stereocenters. The molecule has 0 aromatic carbocycles. The zero-order valence-corrected chi connectivity index (χ0v) is 9.86. The van der Waals surface area contributed by atoms with Crippen LogP contribution in [0.25, 0.3) is 0 Å². The molecule has 1 radical (unpaired) electrons. The van der Waals surface area contributed by atoms with Crippen molar-refractivity contribution < 1.29 is 57.8 Å². The molecule has 0 saturated carbocycles. The van der Waals surface area contributed by atoms with E-state index in [0.717, 1.165) is 0 Å². The van der Waals surface area contributed by atoms with Gasteiger partial charge in [0.05, 0.1) is 0 Å². The van der Waals surface area contributed by atoms with Gasteiger partial charge in [-0.15, -0.1) is 0 Å². The predicted molar refractivity (Wildman–Crippen MR) is 54.0 cm³/mol. The third-order valence-corrected chi connectivity index (χ3v) is 0. The molecule has 17 heavy (non-hydrogen) atoms. The molecule has 0 aromatic heterocycles. The SMILES string of the molecule is [CH-]=O.[CH-]=O.[CH-]=O.[CH-]=O.[CH-]=O.[CH-]=O.[CH-]=O.[CH-]=O.[Rh]. The first-order valence-corrected chi connectivity index (χ1v) is 1.89. The summed E-state index contributed by atoms with van der Waals surface area (Å²) in [5.41, 5.74) is 0. The van der Waals surface area contributed by atoms with E-state index in [0.29, 0.717) is 0 Å². The normalized spacial score (nSPS) is 1.88. The van der Waals surface area contributed by atoms with Crippen LogP contribution in [0.15, 0.2) is 0 Å². The smallest absolute Gasteiger partial charge is 0 e. The van der Waals surface area contributed by atoms with Gasteiger partial charge >= 0.3 is 0 Å². The molecule has 0 N–H and O–H groups in total. The van der Waals surface area contributed by atoms with E-state index < -0.39 is 0 Å². The first-order chi connectivity index (χ1) is 8.00. The van der Waals surface area contributed by atoms with E-state index in [-0.39, 0.29) is 19.5 Å². The van der Waals surface area contributed by atoms with E-state index in [1.165, 1.54) is 0 Å². The fraction of sp³-hybridized carbons (Fsp3) is 0. The number of hydrogen-bond acceptors (Lipinski definition) is 8. The van der Waals surface area contributed by atoms with Gasteiger partial charge in [-0.1, -0.05) is 0 Å². The van der Waals surface area contributed by atoms with Gasteiger partial charge in [0.25, 0.3) is 0 Å². The summed E-state index contributed by atoms with van der Waals surface area (Å²) in [6.07, 6.45) is 0. The van der Waals surface area contributed by atoms with Crippen molar-refractivity contribution in [2.75, 3.05) is 0 Å². The second-order valence-corrected chi connectivity index (χ2v) is 0. The average Bonchev–Trinajstić information content (AvgIpc) is 2.54. The maximum absolute atomic E-state index is 7.75. The molecular weight excluding hydrogens is 327 g/mol. The molecule has 0 rings (SSSR count). The Morgan fingerprint density at radius 3 is 0.235 bits per heavy atom. The maximum atomic E-state index is 7.75. The molecule has 9 heteroatoms. The Morgan fingerprint density at radius 2 is 0.235 bits per heavy atom. The second-order valence-electron chi connectivity index (χ2n) is 0. The molecule has 0 aliphatic rings. The minimum absolute atomic E-state index is 0. The van der Waals surface area contributed by atoms with E-state index in [4.69, 9.17) is 38.4 Å². The number of rotatable bonds is 0. The van der Waals surface area contributed by atoms with Crippen molar-refractivity contribution in [1.29, 1.82) is 0 Å². The Bertz CT molecular complexity index is 45.5. The molecule has 0 amide bonds. The summed E-state index contributed by atoms with van der Waals surface area (Å²) in [5.74, 6) is 0. The Balaban J connectivity index is -0.00000000610. The quantitative estimate of drug-likeness (QED) is 0.276. The summed E-state index contributed by atoms with van der Waals surface area (Å²) in [6, 6.07) is 0. The van der Waals surface area contributed by atoms with Crippen molar-refractivity contribution in [2.45, 2.75) is 0 Å². The molecule has 0 aliphatic heterocycles. The van der Waals surface area contributed by atoms with Crippen LogP contribution in [-0.2, 0) is 57.8 Å². The summed E-state index contributed by atoms with van der Waals surface area (Å²) in [4.78, 5) is 62.0. The maximum Gasteiger partial charge on any atom is 0 e. The predicted octanol–water partition coefficient (Wildman–Crippen LogP) is -2.20. The third kappa shape index (κ3) is 494. The second kappa shape index (κ2) is 580. The molecule has 105 valence electrons. The Hall–Kier alpha value is -2.02. The van der Waals surface area contributed by atoms with Crippen molar-refractivity contribution in [3.8, 4) is 0 Å². The Morgan fingerprint density at radius 1 is 0.235 bits per heavy atom. The van der Waals surface area contributed by atoms with Crippen molar-refractivity contribution in [2.24, 2.45) is 0 Å². The Labute approximate surface area is 113 Å². The third-order valence-electron chi connectivity index (χ3n) is 0. The van der Waals surface area contributed by atoms with Crippen molar-refractivity contribution >= 4 is 54.3 Å². The van der Waals surface area contributed by atoms with Gasteiger partial charge in [-0.2, -0.15) is 0 Å². The van der Waals surface area contributed by atoms with Gasteiger partial charge in [-0.05, 0) is 0 Å². The van der Waals surface area contributed by atoms with Crippen LogP contribution in [0, 0.1) is 0 Å². The van der Waals surface area contributed by atoms with Gasteiger partial charge in [0, 0.05) is 19.5 Å². The van der Waals surface area contributed by atoms with Crippen LogP contribution in [0.3, 0.4) is 0 Å². The Kier molecular flexibility index (Phi) is 2790. The summed E-state index contributed by atoms with van der Waals surface area (Å²) in [6.45, 7) is 26.0. The average molecular weight is 335 g/mol. The number of carbonyl (C=O) groups excluding carboxylic acids is 8. The van der Waals surface area contributed by atoms with Gasteiger partial charge in [0.2, 0.25) is 0 Å². The molecule has 0 spiro atoms. The van der Waals surface area contributed by atoms with Crippen LogP contribution in [0.2, 0.25) is 0 Å². The molecule has 0 saturated heterocycles. The van der Waals surface area contributed by atoms with Gasteiger partial charge in [-0.25, -0.2) is 0 Å². The topological polar surface area (TPSA) is 137 Å². The molecule has 0 fully saturated rings. The van der Waals surface area contributed by atoms with Crippen LogP contribution in [0.1, 0.15) is 0 Å². The standard InChI is InChI=1S/8CHO.Rh/c8*1-2;/h8*1H;/q8*-1;. The van der Waals surface area contributed by atoms with Gasteiger partial charge in [-0.3, -0.25) is 54.3 Å². The molecular formula is C8H8O8Rh-8. The van der Waals surface area contributed by atoms with Gasteiger partial charge < -0.3 is 38.4 Å². The van der Waals surface area contributed by atoms with Crippen molar-refractivity contribution in [1.82, 2.24) is 0 Å². The van der Waals surface area contributed by atoms with E-state index in [1.54, 1.807) is 0 Å². The first-order valence-electron chi connectivity index (χ1n) is 1.89. The fourth-order valence-corrected chi connectivity index (χ4v) is 0. The van der Waals surface area contributed by atoms with Crippen molar-refractivity contribution in [3.63, 3.8) is 0 Å². The van der Waals surface area contributed by atoms with Crippen LogP contribution in [0.5, 0.6) is 0 Å². The first kappa shape index (κ1) is 81.8.